The van der Waals surface area contributed by atoms with Crippen LogP contribution in [0.25, 0.3) is 27.8 Å². The standard InChI is InChI=1S/C29H26N4O2S/c1-19-8-12-21(13-9-19)16-30-25(34)18-36-29-32-26-24(22-6-4-3-5-7-22)17-31-27(26)28(35)33(29)23-14-10-20(2)11-15-23/h3-15,17,31H,16,18H2,1-2H3,(H,30,34). The van der Waals surface area contributed by atoms with Gasteiger partial charge in [-0.1, -0.05) is 89.6 Å². The number of hydrogen-bond donors (Lipinski definition) is 2. The Kier molecular flexibility index (Phi) is 6.73. The zero-order chi connectivity index (χ0) is 25.1. The maximum atomic E-state index is 13.6. The number of amides is 1. The summed E-state index contributed by atoms with van der Waals surface area (Å²) in [5.41, 5.74) is 6.66. The number of fused-ring (bicyclic) bond motifs is 1. The second-order valence-electron chi connectivity index (χ2n) is 8.71. The number of nitrogens with one attached hydrogen (secondary N) is 2. The monoisotopic (exact) mass is 494 g/mol. The van der Waals surface area contributed by atoms with Gasteiger partial charge in [-0.3, -0.25) is 14.2 Å². The van der Waals surface area contributed by atoms with Crippen LogP contribution in [-0.2, 0) is 11.3 Å². The lowest BCUT2D eigenvalue weighted by molar-refractivity contribution is -0.118. The zero-order valence-electron chi connectivity index (χ0n) is 20.1. The topological polar surface area (TPSA) is 79.8 Å². The molecule has 0 aliphatic heterocycles. The van der Waals surface area contributed by atoms with Crippen LogP contribution in [0.15, 0.2) is 95.0 Å². The molecule has 2 aromatic heterocycles. The molecule has 0 aliphatic rings. The summed E-state index contributed by atoms with van der Waals surface area (Å²) in [6.07, 6.45) is 1.82. The summed E-state index contributed by atoms with van der Waals surface area (Å²) in [4.78, 5) is 34.3. The molecule has 5 aromatic rings. The lowest BCUT2D eigenvalue weighted by atomic mass is 10.1. The third-order valence-electron chi connectivity index (χ3n) is 5.99. The fourth-order valence-electron chi connectivity index (χ4n) is 3.98. The number of carbonyl (C=O) groups is 1. The van der Waals surface area contributed by atoms with Crippen LogP contribution in [0.5, 0.6) is 0 Å². The van der Waals surface area contributed by atoms with Crippen LogP contribution in [0, 0.1) is 13.8 Å². The SMILES string of the molecule is Cc1ccc(CNC(=O)CSc2nc3c(-c4ccccc4)c[nH]c3c(=O)n2-c2ccc(C)cc2)cc1. The first kappa shape index (κ1) is 23.6. The molecule has 0 fully saturated rings. The van der Waals surface area contributed by atoms with E-state index < -0.39 is 0 Å². The molecule has 0 radical (unpaired) electrons. The molecular weight excluding hydrogens is 468 g/mol. The number of nitrogens with zero attached hydrogens (tertiary/aromatic N) is 2. The van der Waals surface area contributed by atoms with Crippen LogP contribution in [-0.4, -0.2) is 26.2 Å². The Bertz CT molecular complexity index is 1570. The minimum atomic E-state index is -0.200. The average molecular weight is 495 g/mol. The minimum absolute atomic E-state index is 0.122. The van der Waals surface area contributed by atoms with Gasteiger partial charge in [0.15, 0.2) is 5.16 Å². The highest BCUT2D eigenvalue weighted by atomic mass is 32.2. The van der Waals surface area contributed by atoms with Gasteiger partial charge in [-0.25, -0.2) is 4.98 Å². The molecular formula is C29H26N4O2S. The van der Waals surface area contributed by atoms with Gasteiger partial charge in [0, 0.05) is 18.3 Å². The predicted molar refractivity (Wildman–Crippen MR) is 146 cm³/mol. The Balaban J connectivity index is 1.48. The Morgan fingerprint density at radius 2 is 1.61 bits per heavy atom. The van der Waals surface area contributed by atoms with Gasteiger partial charge in [0.2, 0.25) is 5.91 Å². The van der Waals surface area contributed by atoms with E-state index in [4.69, 9.17) is 4.98 Å². The Labute approximate surface area is 213 Å². The number of thioether (sulfide) groups is 1. The minimum Gasteiger partial charge on any atom is -0.355 e. The molecule has 0 saturated carbocycles. The van der Waals surface area contributed by atoms with Crippen LogP contribution < -0.4 is 10.9 Å². The number of aryl methyl sites for hydroxylation is 2. The van der Waals surface area contributed by atoms with E-state index in [0.29, 0.717) is 28.4 Å². The average Bonchev–Trinajstić information content (AvgIpc) is 3.33. The number of aromatic nitrogens is 3. The number of aromatic amines is 1. The van der Waals surface area contributed by atoms with Crippen LogP contribution >= 0.6 is 11.8 Å². The van der Waals surface area contributed by atoms with Crippen LogP contribution in [0.3, 0.4) is 0 Å². The fourth-order valence-corrected chi connectivity index (χ4v) is 4.82. The molecule has 0 unspecified atom stereocenters. The van der Waals surface area contributed by atoms with Crippen molar-refractivity contribution >= 4 is 28.7 Å². The molecule has 0 atom stereocenters. The number of hydrogen-bond acceptors (Lipinski definition) is 4. The van der Waals surface area contributed by atoms with Crippen LogP contribution in [0.2, 0.25) is 0 Å². The lowest BCUT2D eigenvalue weighted by Crippen LogP contribution is -2.26. The Morgan fingerprint density at radius 1 is 0.944 bits per heavy atom. The van der Waals surface area contributed by atoms with Crippen molar-refractivity contribution in [3.63, 3.8) is 0 Å². The van der Waals surface area contributed by atoms with E-state index in [-0.39, 0.29) is 17.2 Å². The van der Waals surface area contributed by atoms with E-state index in [9.17, 15) is 9.59 Å². The molecule has 36 heavy (non-hydrogen) atoms. The highest BCUT2D eigenvalue weighted by molar-refractivity contribution is 7.99. The molecule has 0 bridgehead atoms. The first-order chi connectivity index (χ1) is 17.5. The van der Waals surface area contributed by atoms with E-state index in [1.807, 2.05) is 98.9 Å². The first-order valence-corrected chi connectivity index (χ1v) is 12.7. The smallest absolute Gasteiger partial charge is 0.283 e. The van der Waals surface area contributed by atoms with E-state index in [0.717, 1.165) is 22.3 Å². The maximum Gasteiger partial charge on any atom is 0.283 e. The van der Waals surface area contributed by atoms with Crippen molar-refractivity contribution in [1.82, 2.24) is 19.9 Å². The Morgan fingerprint density at radius 3 is 2.31 bits per heavy atom. The number of carbonyl (C=O) groups excluding carboxylic acids is 1. The van der Waals surface area contributed by atoms with Crippen molar-refractivity contribution < 1.29 is 4.79 Å². The molecule has 3 aromatic carbocycles. The molecule has 7 heteroatoms. The number of H-pyrrole nitrogens is 1. The molecule has 180 valence electrons. The van der Waals surface area contributed by atoms with Gasteiger partial charge in [-0.2, -0.15) is 0 Å². The summed E-state index contributed by atoms with van der Waals surface area (Å²) in [5, 5.41) is 3.43. The van der Waals surface area contributed by atoms with Gasteiger partial charge in [0.05, 0.1) is 11.4 Å². The third kappa shape index (κ3) is 4.97. The van der Waals surface area contributed by atoms with E-state index >= 15 is 0 Å². The van der Waals surface area contributed by atoms with Gasteiger partial charge < -0.3 is 10.3 Å². The highest BCUT2D eigenvalue weighted by Gasteiger charge is 2.18. The fraction of sp³-hybridized carbons (Fsp3) is 0.138. The highest BCUT2D eigenvalue weighted by Crippen LogP contribution is 2.28. The molecule has 2 N–H and O–H groups in total. The number of benzene rings is 3. The predicted octanol–water partition coefficient (Wildman–Crippen LogP) is 5.41. The lowest BCUT2D eigenvalue weighted by Gasteiger charge is -2.13. The molecule has 5 rings (SSSR count). The van der Waals surface area contributed by atoms with E-state index in [1.165, 1.54) is 17.3 Å². The van der Waals surface area contributed by atoms with Gasteiger partial charge >= 0.3 is 0 Å². The quantitative estimate of drug-likeness (QED) is 0.234. The molecule has 1 amide bonds. The van der Waals surface area contributed by atoms with Gasteiger partial charge in [0.1, 0.15) is 11.0 Å². The van der Waals surface area contributed by atoms with Crippen molar-refractivity contribution in [2.75, 3.05) is 5.75 Å². The summed E-state index contributed by atoms with van der Waals surface area (Å²) >= 11 is 1.25. The number of rotatable bonds is 7. The van der Waals surface area contributed by atoms with Gasteiger partial charge in [-0.15, -0.1) is 0 Å². The summed E-state index contributed by atoms with van der Waals surface area (Å²) in [7, 11) is 0. The molecule has 0 aliphatic carbocycles. The summed E-state index contributed by atoms with van der Waals surface area (Å²) < 4.78 is 1.57. The second kappa shape index (κ2) is 10.3. The maximum absolute atomic E-state index is 13.6. The largest absolute Gasteiger partial charge is 0.355 e. The van der Waals surface area contributed by atoms with Crippen LogP contribution in [0.4, 0.5) is 0 Å². The van der Waals surface area contributed by atoms with Crippen molar-refractivity contribution in [2.45, 2.75) is 25.5 Å². The van der Waals surface area contributed by atoms with Gasteiger partial charge in [-0.05, 0) is 37.1 Å². The van der Waals surface area contributed by atoms with Crippen LogP contribution in [0.1, 0.15) is 16.7 Å². The van der Waals surface area contributed by atoms with E-state index in [2.05, 4.69) is 10.3 Å². The van der Waals surface area contributed by atoms with Crippen molar-refractivity contribution in [3.8, 4) is 16.8 Å². The van der Waals surface area contributed by atoms with Crippen molar-refractivity contribution in [3.05, 3.63) is 112 Å². The summed E-state index contributed by atoms with van der Waals surface area (Å²) in [6, 6.07) is 25.6. The van der Waals surface area contributed by atoms with Crippen molar-refractivity contribution in [2.24, 2.45) is 0 Å². The second-order valence-corrected chi connectivity index (χ2v) is 9.66. The van der Waals surface area contributed by atoms with Gasteiger partial charge in [0.25, 0.3) is 5.56 Å². The third-order valence-corrected chi connectivity index (χ3v) is 6.93. The molecule has 0 saturated heterocycles. The molecule has 2 heterocycles. The normalized spacial score (nSPS) is 11.1. The van der Waals surface area contributed by atoms with Crippen molar-refractivity contribution in [1.29, 1.82) is 0 Å². The zero-order valence-corrected chi connectivity index (χ0v) is 20.9. The Hall–Kier alpha value is -4.10. The van der Waals surface area contributed by atoms with E-state index in [1.54, 1.807) is 4.57 Å². The summed E-state index contributed by atoms with van der Waals surface area (Å²) in [6.45, 7) is 4.48. The molecule has 6 nitrogen and oxygen atoms in total. The molecule has 0 spiro atoms. The first-order valence-electron chi connectivity index (χ1n) is 11.7. The summed E-state index contributed by atoms with van der Waals surface area (Å²) in [5.74, 6) is 0.0172.